The van der Waals surface area contributed by atoms with E-state index in [1.165, 1.54) is 23.9 Å². The van der Waals surface area contributed by atoms with Crippen LogP contribution in [-0.4, -0.2) is 32.7 Å². The van der Waals surface area contributed by atoms with E-state index in [4.69, 9.17) is 4.74 Å². The number of fused-ring (bicyclic) bond motifs is 1. The highest BCUT2D eigenvalue weighted by Crippen LogP contribution is 2.28. The molecule has 10 heteroatoms. The summed E-state index contributed by atoms with van der Waals surface area (Å²) in [6.45, 7) is 0.117. The summed E-state index contributed by atoms with van der Waals surface area (Å²) in [4.78, 5) is 23.8. The predicted molar refractivity (Wildman–Crippen MR) is 146 cm³/mol. The molecule has 1 N–H and O–H groups in total. The Labute approximate surface area is 222 Å². The number of rotatable bonds is 9. The molecular weight excluding hydrogens is 502 g/mol. The van der Waals surface area contributed by atoms with Crippen LogP contribution in [0.1, 0.15) is 21.7 Å². The second-order valence-electron chi connectivity index (χ2n) is 8.36. The molecular formula is C28H23N5O4S. The van der Waals surface area contributed by atoms with Gasteiger partial charge in [0.05, 0.1) is 18.6 Å². The van der Waals surface area contributed by atoms with E-state index in [9.17, 15) is 14.9 Å². The Morgan fingerprint density at radius 1 is 1.00 bits per heavy atom. The van der Waals surface area contributed by atoms with Crippen molar-refractivity contribution in [2.24, 2.45) is 0 Å². The molecule has 0 saturated heterocycles. The summed E-state index contributed by atoms with van der Waals surface area (Å²) in [5.41, 5.74) is 2.25. The number of nitrogens with zero attached hydrogens (tertiary/aromatic N) is 4. The zero-order chi connectivity index (χ0) is 26.5. The standard InChI is InChI=1S/C28H23N5O4S/c1-37-23-9-4-6-19(16-23)18-38-28-31-30-26(32(28)21-12-14-22(15-13-21)33(35)36)17-29-27(34)25-11-5-8-20-7-2-3-10-24(20)25/h2-16H,17-18H2,1H3,(H,29,34). The first-order valence-electron chi connectivity index (χ1n) is 11.7. The number of aromatic nitrogens is 3. The van der Waals surface area contributed by atoms with Crippen molar-refractivity contribution < 1.29 is 14.5 Å². The lowest BCUT2D eigenvalue weighted by atomic mass is 10.0. The van der Waals surface area contributed by atoms with E-state index in [1.807, 2.05) is 60.7 Å². The molecule has 5 aromatic rings. The molecule has 1 heterocycles. The van der Waals surface area contributed by atoms with E-state index >= 15 is 0 Å². The van der Waals surface area contributed by atoms with Gasteiger partial charge in [-0.1, -0.05) is 60.3 Å². The van der Waals surface area contributed by atoms with Gasteiger partial charge in [0.2, 0.25) is 0 Å². The smallest absolute Gasteiger partial charge is 0.269 e. The molecule has 0 aliphatic carbocycles. The third-order valence-corrected chi connectivity index (χ3v) is 6.96. The van der Waals surface area contributed by atoms with Gasteiger partial charge in [-0.25, -0.2) is 0 Å². The van der Waals surface area contributed by atoms with E-state index in [-0.39, 0.29) is 18.1 Å². The van der Waals surface area contributed by atoms with Crippen LogP contribution in [-0.2, 0) is 12.3 Å². The third kappa shape index (κ3) is 5.35. The minimum Gasteiger partial charge on any atom is -0.497 e. The number of nitrogens with one attached hydrogen (secondary N) is 1. The molecule has 0 unspecified atom stereocenters. The Morgan fingerprint density at radius 3 is 2.55 bits per heavy atom. The molecule has 0 bridgehead atoms. The molecule has 0 fully saturated rings. The fourth-order valence-corrected chi connectivity index (χ4v) is 4.99. The molecule has 1 amide bonds. The Bertz CT molecular complexity index is 1610. The van der Waals surface area contributed by atoms with Crippen LogP contribution < -0.4 is 10.1 Å². The van der Waals surface area contributed by atoms with Crippen molar-refractivity contribution in [3.8, 4) is 11.4 Å². The lowest BCUT2D eigenvalue weighted by Gasteiger charge is -2.12. The molecule has 0 spiro atoms. The lowest BCUT2D eigenvalue weighted by molar-refractivity contribution is -0.384. The summed E-state index contributed by atoms with van der Waals surface area (Å²) >= 11 is 1.47. The molecule has 9 nitrogen and oxygen atoms in total. The van der Waals surface area contributed by atoms with Gasteiger partial charge in [-0.05, 0) is 46.7 Å². The number of hydrogen-bond donors (Lipinski definition) is 1. The first-order valence-corrected chi connectivity index (χ1v) is 12.7. The Balaban J connectivity index is 1.42. The summed E-state index contributed by atoms with van der Waals surface area (Å²) in [5, 5.41) is 25.3. The van der Waals surface area contributed by atoms with Crippen molar-refractivity contribution in [2.45, 2.75) is 17.5 Å². The molecule has 0 radical (unpaired) electrons. The number of carbonyl (C=O) groups excluding carboxylic acids is 1. The monoisotopic (exact) mass is 525 g/mol. The number of nitro groups is 1. The fraction of sp³-hybridized carbons (Fsp3) is 0.107. The van der Waals surface area contributed by atoms with Crippen molar-refractivity contribution in [1.29, 1.82) is 0 Å². The SMILES string of the molecule is COc1cccc(CSc2nnc(CNC(=O)c3cccc4ccccc34)n2-c2ccc([N+](=O)[O-])cc2)c1. The Morgan fingerprint density at radius 2 is 1.76 bits per heavy atom. The maximum absolute atomic E-state index is 13.1. The van der Waals surface area contributed by atoms with E-state index in [1.54, 1.807) is 29.9 Å². The molecule has 38 heavy (non-hydrogen) atoms. The summed E-state index contributed by atoms with van der Waals surface area (Å²) in [5.74, 6) is 1.63. The van der Waals surface area contributed by atoms with E-state index in [0.717, 1.165) is 22.1 Å². The average molecular weight is 526 g/mol. The molecule has 0 aliphatic rings. The Hall–Kier alpha value is -4.70. The van der Waals surface area contributed by atoms with Crippen molar-refractivity contribution >= 4 is 34.1 Å². The summed E-state index contributed by atoms with van der Waals surface area (Å²) in [6.07, 6.45) is 0. The van der Waals surface area contributed by atoms with Crippen molar-refractivity contribution in [2.75, 3.05) is 7.11 Å². The van der Waals surface area contributed by atoms with Crippen LogP contribution in [0.2, 0.25) is 0 Å². The molecule has 5 rings (SSSR count). The van der Waals surface area contributed by atoms with Gasteiger partial charge in [-0.15, -0.1) is 10.2 Å². The maximum Gasteiger partial charge on any atom is 0.269 e. The van der Waals surface area contributed by atoms with E-state index in [0.29, 0.717) is 28.0 Å². The van der Waals surface area contributed by atoms with Crippen LogP contribution in [0.3, 0.4) is 0 Å². The largest absolute Gasteiger partial charge is 0.497 e. The highest BCUT2D eigenvalue weighted by molar-refractivity contribution is 7.98. The molecule has 0 atom stereocenters. The topological polar surface area (TPSA) is 112 Å². The third-order valence-electron chi connectivity index (χ3n) is 5.96. The summed E-state index contributed by atoms with van der Waals surface area (Å²) in [7, 11) is 1.62. The Kier molecular flexibility index (Phi) is 7.32. The van der Waals surface area contributed by atoms with Crippen LogP contribution >= 0.6 is 11.8 Å². The van der Waals surface area contributed by atoms with E-state index < -0.39 is 4.92 Å². The number of ether oxygens (including phenoxy) is 1. The number of non-ortho nitro benzene ring substituents is 1. The molecule has 4 aromatic carbocycles. The number of methoxy groups -OCH3 is 1. The second-order valence-corrected chi connectivity index (χ2v) is 9.30. The maximum atomic E-state index is 13.1. The van der Waals surface area contributed by atoms with Gasteiger partial charge in [0.25, 0.3) is 11.6 Å². The normalized spacial score (nSPS) is 10.9. The summed E-state index contributed by atoms with van der Waals surface area (Å²) < 4.78 is 7.12. The number of nitro benzene ring substituents is 1. The first-order chi connectivity index (χ1) is 18.5. The van der Waals surface area contributed by atoms with Gasteiger partial charge in [0, 0.05) is 29.1 Å². The van der Waals surface area contributed by atoms with Gasteiger partial charge in [-0.2, -0.15) is 0 Å². The van der Waals surface area contributed by atoms with Crippen molar-refractivity contribution in [3.63, 3.8) is 0 Å². The first kappa shape index (κ1) is 25.0. The molecule has 0 aliphatic heterocycles. The van der Waals surface area contributed by atoms with Crippen molar-refractivity contribution in [3.05, 3.63) is 118 Å². The highest BCUT2D eigenvalue weighted by Gasteiger charge is 2.18. The highest BCUT2D eigenvalue weighted by atomic mass is 32.2. The fourth-order valence-electron chi connectivity index (χ4n) is 4.08. The van der Waals surface area contributed by atoms with Gasteiger partial charge in [0.1, 0.15) is 5.75 Å². The van der Waals surface area contributed by atoms with Crippen LogP contribution in [0.4, 0.5) is 5.69 Å². The number of hydrogen-bond acceptors (Lipinski definition) is 7. The number of carbonyl (C=O) groups is 1. The number of amides is 1. The minimum absolute atomic E-state index is 0.0155. The predicted octanol–water partition coefficient (Wildman–Crippen LogP) is 5.56. The molecule has 190 valence electrons. The summed E-state index contributed by atoms with van der Waals surface area (Å²) in [6, 6.07) is 27.2. The van der Waals surface area contributed by atoms with Crippen molar-refractivity contribution in [1.82, 2.24) is 20.1 Å². The number of thioether (sulfide) groups is 1. The van der Waals surface area contributed by atoms with Gasteiger partial charge >= 0.3 is 0 Å². The second kappa shape index (κ2) is 11.1. The van der Waals surface area contributed by atoms with Gasteiger partial charge in [-0.3, -0.25) is 19.5 Å². The van der Waals surface area contributed by atoms with E-state index in [2.05, 4.69) is 15.5 Å². The van der Waals surface area contributed by atoms with Gasteiger partial charge in [0.15, 0.2) is 11.0 Å². The average Bonchev–Trinajstić information content (AvgIpc) is 3.37. The number of benzene rings is 4. The zero-order valence-electron chi connectivity index (χ0n) is 20.4. The minimum atomic E-state index is -0.445. The van der Waals surface area contributed by atoms with Crippen LogP contribution in [0, 0.1) is 10.1 Å². The van der Waals surface area contributed by atoms with Crippen LogP contribution in [0.25, 0.3) is 16.5 Å². The van der Waals surface area contributed by atoms with Gasteiger partial charge < -0.3 is 10.1 Å². The quantitative estimate of drug-likeness (QED) is 0.152. The van der Waals surface area contributed by atoms with Crippen LogP contribution in [0.5, 0.6) is 5.75 Å². The molecule has 1 aromatic heterocycles. The molecule has 0 saturated carbocycles. The lowest BCUT2D eigenvalue weighted by Crippen LogP contribution is -2.25. The van der Waals surface area contributed by atoms with Crippen LogP contribution in [0.15, 0.2) is 96.2 Å². The zero-order valence-corrected chi connectivity index (χ0v) is 21.2.